The number of hydrogen-bond acceptors (Lipinski definition) is 7. The predicted molar refractivity (Wildman–Crippen MR) is 152 cm³/mol. The highest BCUT2D eigenvalue weighted by Gasteiger charge is 2.75. The van der Waals surface area contributed by atoms with Crippen molar-refractivity contribution in [1.82, 2.24) is 29.7 Å². The summed E-state index contributed by atoms with van der Waals surface area (Å²) in [5.74, 6) is -2.25. The maximum absolute atomic E-state index is 14.6. The van der Waals surface area contributed by atoms with Crippen LogP contribution in [0.1, 0.15) is 39.5 Å². The van der Waals surface area contributed by atoms with Crippen LogP contribution in [0.4, 0.5) is 0 Å². The minimum Gasteiger partial charge on any atom is -0.394 e. The largest absolute Gasteiger partial charge is 0.394 e. The van der Waals surface area contributed by atoms with Gasteiger partial charge in [0.1, 0.15) is 23.8 Å². The lowest BCUT2D eigenvalue weighted by molar-refractivity contribution is -0.153. The quantitative estimate of drug-likeness (QED) is 0.369. The van der Waals surface area contributed by atoms with Gasteiger partial charge in [0.25, 0.3) is 0 Å². The molecule has 2 unspecified atom stereocenters. The summed E-state index contributed by atoms with van der Waals surface area (Å²) in [5, 5.41) is 18.8. The van der Waals surface area contributed by atoms with E-state index in [1.165, 1.54) is 4.90 Å². The summed E-state index contributed by atoms with van der Waals surface area (Å²) in [6.07, 6.45) is 5.15. The highest BCUT2D eigenvalue weighted by molar-refractivity contribution is 5.99. The first-order valence-corrected chi connectivity index (χ1v) is 14.5. The molecule has 3 aliphatic rings. The van der Waals surface area contributed by atoms with Gasteiger partial charge in [0.15, 0.2) is 0 Å². The topological polar surface area (TPSA) is 121 Å². The molecule has 220 valence electrons. The van der Waals surface area contributed by atoms with Gasteiger partial charge in [-0.1, -0.05) is 43.3 Å². The molecule has 0 radical (unpaired) electrons. The van der Waals surface area contributed by atoms with E-state index in [0.29, 0.717) is 37.9 Å². The molecule has 3 aliphatic heterocycles. The van der Waals surface area contributed by atoms with Crippen molar-refractivity contribution in [3.8, 4) is 0 Å². The van der Waals surface area contributed by atoms with Gasteiger partial charge >= 0.3 is 0 Å². The molecule has 41 heavy (non-hydrogen) atoms. The molecular formula is C30H40N6O5. The molecule has 2 bridgehead atoms. The van der Waals surface area contributed by atoms with Crippen molar-refractivity contribution >= 4 is 28.8 Å². The van der Waals surface area contributed by atoms with E-state index >= 15 is 0 Å². The summed E-state index contributed by atoms with van der Waals surface area (Å²) in [6, 6.07) is 5.90. The Morgan fingerprint density at radius 2 is 1.93 bits per heavy atom. The highest BCUT2D eigenvalue weighted by Crippen LogP contribution is 2.59. The van der Waals surface area contributed by atoms with Crippen LogP contribution in [0.25, 0.3) is 11.0 Å². The van der Waals surface area contributed by atoms with Crippen LogP contribution in [0.15, 0.2) is 49.6 Å². The van der Waals surface area contributed by atoms with Gasteiger partial charge in [0, 0.05) is 19.6 Å². The monoisotopic (exact) mass is 564 g/mol. The molecule has 0 saturated carbocycles. The second-order valence-electron chi connectivity index (χ2n) is 11.2. The van der Waals surface area contributed by atoms with Gasteiger partial charge in [0.05, 0.1) is 36.1 Å². The Morgan fingerprint density at radius 1 is 1.20 bits per heavy atom. The predicted octanol–water partition coefficient (Wildman–Crippen LogP) is 1.97. The first-order chi connectivity index (χ1) is 19.9. The van der Waals surface area contributed by atoms with E-state index < -0.39 is 35.6 Å². The molecule has 11 nitrogen and oxygen atoms in total. The van der Waals surface area contributed by atoms with Crippen LogP contribution in [0.2, 0.25) is 0 Å². The Morgan fingerprint density at radius 3 is 2.61 bits per heavy atom. The van der Waals surface area contributed by atoms with Crippen LogP contribution >= 0.6 is 0 Å². The zero-order valence-electron chi connectivity index (χ0n) is 23.9. The summed E-state index contributed by atoms with van der Waals surface area (Å²) < 4.78 is 8.25. The van der Waals surface area contributed by atoms with Gasteiger partial charge in [-0.15, -0.1) is 18.3 Å². The van der Waals surface area contributed by atoms with Crippen LogP contribution in [-0.2, 0) is 25.8 Å². The fourth-order valence-electron chi connectivity index (χ4n) is 7.12. The first-order valence-electron chi connectivity index (χ1n) is 14.5. The van der Waals surface area contributed by atoms with Gasteiger partial charge in [-0.2, -0.15) is 0 Å². The lowest BCUT2D eigenvalue weighted by atomic mass is 9.70. The average Bonchev–Trinajstić information content (AvgIpc) is 3.73. The van der Waals surface area contributed by atoms with Crippen LogP contribution in [0.3, 0.4) is 0 Å². The highest BCUT2D eigenvalue weighted by atomic mass is 16.5. The van der Waals surface area contributed by atoms with Crippen LogP contribution in [0.5, 0.6) is 0 Å². The number of ether oxygens (including phenoxy) is 1. The Labute approximate surface area is 240 Å². The summed E-state index contributed by atoms with van der Waals surface area (Å²) in [6.45, 7) is 12.4. The first kappa shape index (κ1) is 28.9. The van der Waals surface area contributed by atoms with Crippen molar-refractivity contribution in [1.29, 1.82) is 0 Å². The molecule has 3 fully saturated rings. The molecule has 3 saturated heterocycles. The van der Waals surface area contributed by atoms with Crippen molar-refractivity contribution in [2.75, 3.05) is 26.2 Å². The zero-order chi connectivity index (χ0) is 29.3. The molecule has 1 spiro atoms. The lowest BCUT2D eigenvalue weighted by Gasteiger charge is -2.39. The Balaban J connectivity index is 1.54. The van der Waals surface area contributed by atoms with Crippen molar-refractivity contribution in [3.63, 3.8) is 0 Å². The van der Waals surface area contributed by atoms with Crippen molar-refractivity contribution in [3.05, 3.63) is 49.6 Å². The maximum atomic E-state index is 14.6. The van der Waals surface area contributed by atoms with E-state index in [1.807, 2.05) is 38.1 Å². The van der Waals surface area contributed by atoms with Gasteiger partial charge in [-0.3, -0.25) is 14.4 Å². The van der Waals surface area contributed by atoms with E-state index in [-0.39, 0.29) is 37.5 Å². The number of fused-ring (bicyclic) bond motifs is 2. The fourth-order valence-corrected chi connectivity index (χ4v) is 7.12. The number of hydrogen-bond donors (Lipinski definition) is 1. The lowest BCUT2D eigenvalue weighted by Crippen LogP contribution is -2.58. The molecule has 5 rings (SSSR count). The molecule has 1 aromatic carbocycles. The molecule has 1 aromatic heterocycles. The molecule has 0 aliphatic carbocycles. The number of likely N-dealkylation sites (tertiary alicyclic amines) is 1. The van der Waals surface area contributed by atoms with Crippen LogP contribution in [-0.4, -0.2) is 103 Å². The molecule has 6 atom stereocenters. The number of benzene rings is 1. The number of aliphatic hydroxyl groups is 1. The maximum Gasteiger partial charge on any atom is 0.250 e. The molecular weight excluding hydrogens is 524 g/mol. The van der Waals surface area contributed by atoms with Crippen molar-refractivity contribution in [2.45, 2.75) is 70.0 Å². The second-order valence-corrected chi connectivity index (χ2v) is 11.2. The van der Waals surface area contributed by atoms with E-state index in [0.717, 1.165) is 11.9 Å². The summed E-state index contributed by atoms with van der Waals surface area (Å²) in [7, 11) is 0. The molecule has 3 amide bonds. The number of nitrogens with zero attached hydrogens (tertiary/aromatic N) is 6. The Hall–Kier alpha value is -3.57. The molecule has 11 heteroatoms. The Kier molecular flexibility index (Phi) is 8.28. The Bertz CT molecular complexity index is 1320. The van der Waals surface area contributed by atoms with Gasteiger partial charge in [0.2, 0.25) is 17.7 Å². The summed E-state index contributed by atoms with van der Waals surface area (Å²) >= 11 is 0. The molecule has 1 N–H and O–H groups in total. The van der Waals surface area contributed by atoms with E-state index in [9.17, 15) is 19.5 Å². The number of amides is 3. The van der Waals surface area contributed by atoms with Gasteiger partial charge < -0.3 is 24.5 Å². The minimum atomic E-state index is -1.16. The summed E-state index contributed by atoms with van der Waals surface area (Å²) in [5.41, 5.74) is 0.322. The number of carbonyl (C=O) groups excluding carboxylic acids is 3. The number of rotatable bonds is 13. The third-order valence-corrected chi connectivity index (χ3v) is 8.87. The summed E-state index contributed by atoms with van der Waals surface area (Å²) in [4.78, 5) is 47.6. The number of para-hydroxylation sites is 1. The smallest absolute Gasteiger partial charge is 0.250 e. The third kappa shape index (κ3) is 4.64. The van der Waals surface area contributed by atoms with Crippen molar-refractivity contribution in [2.24, 2.45) is 11.8 Å². The van der Waals surface area contributed by atoms with E-state index in [4.69, 9.17) is 4.74 Å². The number of carbonyl (C=O) groups is 3. The standard InChI is InChI=1S/C30H40N6O5/c1-5-15-33(16-6-2)27(38)24-23-13-14-30(41-23)25(24)28(39)36(20(8-4)18-37)26(30)29(40)34(17-7-3)19-35-22-12-10-9-11-21(22)31-32-35/h5,7,9-12,20,23-26,37H,1,3,6,8,13-19H2,2,4H3/t20-,23-,24+,25-,26?,30?/m0/s1. The van der Waals surface area contributed by atoms with Gasteiger partial charge in [-0.25, -0.2) is 4.68 Å². The van der Waals surface area contributed by atoms with E-state index in [1.54, 1.807) is 26.6 Å². The van der Waals surface area contributed by atoms with E-state index in [2.05, 4.69) is 23.5 Å². The van der Waals surface area contributed by atoms with Gasteiger partial charge in [-0.05, 0) is 37.8 Å². The van der Waals surface area contributed by atoms with Crippen molar-refractivity contribution < 1.29 is 24.2 Å². The number of aromatic nitrogens is 3. The molecule has 2 aromatic rings. The zero-order valence-corrected chi connectivity index (χ0v) is 23.9. The average molecular weight is 565 g/mol. The van der Waals surface area contributed by atoms with Crippen LogP contribution in [0, 0.1) is 11.8 Å². The van der Waals surface area contributed by atoms with Crippen LogP contribution < -0.4 is 0 Å². The number of aliphatic hydroxyl groups excluding tert-OH is 1. The SMILES string of the molecule is C=CCN(Cn1nnc2ccccc21)C(=O)C1N([C@@H](CC)CO)C(=O)[C@@H]2[C@H](C(=O)N(CC=C)CCC)[C@@H]3CCC12O3. The minimum absolute atomic E-state index is 0.0932. The fraction of sp³-hybridized carbons (Fsp3) is 0.567. The second kappa shape index (κ2) is 11.7. The normalized spacial score (nSPS) is 27.2. The molecule has 4 heterocycles. The third-order valence-electron chi connectivity index (χ3n) is 8.87.